The molecule has 0 saturated carbocycles. The Morgan fingerprint density at radius 1 is 1.75 bits per heavy atom. The number of hydrogen-bond acceptors (Lipinski definition) is 4. The van der Waals surface area contributed by atoms with Gasteiger partial charge in [-0.1, -0.05) is 11.6 Å². The van der Waals surface area contributed by atoms with Crippen molar-refractivity contribution in [3.8, 4) is 0 Å². The summed E-state index contributed by atoms with van der Waals surface area (Å²) in [7, 11) is 0. The van der Waals surface area contributed by atoms with Crippen molar-refractivity contribution in [2.24, 2.45) is 0 Å². The first-order valence-corrected chi connectivity index (χ1v) is 6.62. The molecule has 1 fully saturated rings. The maximum atomic E-state index is 10.1. The molecule has 3 nitrogen and oxygen atoms in total. The molecule has 90 valence electrons. The van der Waals surface area contributed by atoms with Gasteiger partial charge in [0.2, 0.25) is 0 Å². The molecule has 0 bridgehead atoms. The Morgan fingerprint density at radius 2 is 2.56 bits per heavy atom. The average molecular weight is 262 g/mol. The normalized spacial score (nSPS) is 27.2. The van der Waals surface area contributed by atoms with E-state index in [1.807, 2.05) is 11.4 Å². The lowest BCUT2D eigenvalue weighted by atomic mass is 10.0. The Kier molecular flexibility index (Phi) is 3.87. The Hall–Kier alpha value is -0.130. The summed E-state index contributed by atoms with van der Waals surface area (Å²) in [5.74, 6) is 0. The molecule has 1 aromatic heterocycles. The van der Waals surface area contributed by atoms with Crippen LogP contribution < -0.4 is 5.32 Å². The molecule has 1 aromatic rings. The Labute approximate surface area is 104 Å². The van der Waals surface area contributed by atoms with Crippen molar-refractivity contribution < 1.29 is 9.84 Å². The van der Waals surface area contributed by atoms with Crippen LogP contribution in [0.5, 0.6) is 0 Å². The van der Waals surface area contributed by atoms with Crippen LogP contribution in [0.25, 0.3) is 0 Å². The van der Waals surface area contributed by atoms with E-state index in [0.717, 1.165) is 9.90 Å². The number of aliphatic hydroxyl groups is 1. The summed E-state index contributed by atoms with van der Waals surface area (Å²) in [5.41, 5.74) is 0.464. The van der Waals surface area contributed by atoms with E-state index in [1.165, 1.54) is 11.3 Å². The van der Waals surface area contributed by atoms with E-state index < -0.39 is 5.60 Å². The molecular weight excluding hydrogens is 246 g/mol. The maximum absolute atomic E-state index is 10.1. The van der Waals surface area contributed by atoms with Gasteiger partial charge >= 0.3 is 0 Å². The Morgan fingerprint density at radius 3 is 3.12 bits per heavy atom. The van der Waals surface area contributed by atoms with Crippen LogP contribution >= 0.6 is 22.9 Å². The molecule has 0 aromatic carbocycles. The molecule has 2 atom stereocenters. The van der Waals surface area contributed by atoms with Gasteiger partial charge in [0.15, 0.2) is 0 Å². The summed E-state index contributed by atoms with van der Waals surface area (Å²) in [4.78, 5) is 0. The van der Waals surface area contributed by atoms with Gasteiger partial charge in [0, 0.05) is 25.6 Å². The van der Waals surface area contributed by atoms with Crippen molar-refractivity contribution in [2.45, 2.75) is 25.0 Å². The third-order valence-corrected chi connectivity index (χ3v) is 4.02. The lowest BCUT2D eigenvalue weighted by Crippen LogP contribution is -2.41. The maximum Gasteiger partial charge on any atom is 0.103 e. The second-order valence-electron chi connectivity index (χ2n) is 4.31. The monoisotopic (exact) mass is 261 g/mol. The standard InChI is InChI=1S/C11H16ClNO2S/c1-8(9-4-10(12)16-5-9)13-6-11(14)2-3-15-7-11/h4-5,8,13-14H,2-3,6-7H2,1H3. The van der Waals surface area contributed by atoms with Crippen LogP contribution in [0.1, 0.15) is 24.9 Å². The van der Waals surface area contributed by atoms with Crippen molar-refractivity contribution in [2.75, 3.05) is 19.8 Å². The second kappa shape index (κ2) is 5.02. The summed E-state index contributed by atoms with van der Waals surface area (Å²) in [6.45, 7) is 3.70. The molecule has 0 amide bonds. The second-order valence-corrected chi connectivity index (χ2v) is 5.86. The summed E-state index contributed by atoms with van der Waals surface area (Å²) in [5, 5.41) is 15.4. The zero-order valence-electron chi connectivity index (χ0n) is 9.20. The zero-order valence-corrected chi connectivity index (χ0v) is 10.8. The van der Waals surface area contributed by atoms with Crippen LogP contribution in [0.4, 0.5) is 0 Å². The van der Waals surface area contributed by atoms with Gasteiger partial charge in [-0.05, 0) is 23.9 Å². The fraction of sp³-hybridized carbons (Fsp3) is 0.636. The van der Waals surface area contributed by atoms with E-state index in [1.54, 1.807) is 0 Å². The van der Waals surface area contributed by atoms with E-state index in [9.17, 15) is 5.11 Å². The van der Waals surface area contributed by atoms with Crippen LogP contribution in [0.15, 0.2) is 11.4 Å². The first-order chi connectivity index (χ1) is 7.59. The highest BCUT2D eigenvalue weighted by Gasteiger charge is 2.32. The predicted molar refractivity (Wildman–Crippen MR) is 66.1 cm³/mol. The van der Waals surface area contributed by atoms with Crippen LogP contribution in [0.3, 0.4) is 0 Å². The van der Waals surface area contributed by atoms with E-state index in [-0.39, 0.29) is 6.04 Å². The summed E-state index contributed by atoms with van der Waals surface area (Å²) >= 11 is 7.41. The van der Waals surface area contributed by atoms with Crippen LogP contribution in [0, 0.1) is 0 Å². The first-order valence-electron chi connectivity index (χ1n) is 5.36. The SMILES string of the molecule is CC(NCC1(O)CCOC1)c1csc(Cl)c1. The Bertz CT molecular complexity index is 350. The molecule has 5 heteroatoms. The van der Waals surface area contributed by atoms with Crippen molar-refractivity contribution >= 4 is 22.9 Å². The highest BCUT2D eigenvalue weighted by atomic mass is 35.5. The van der Waals surface area contributed by atoms with Gasteiger partial charge < -0.3 is 15.2 Å². The van der Waals surface area contributed by atoms with Crippen molar-refractivity contribution in [3.05, 3.63) is 21.3 Å². The van der Waals surface area contributed by atoms with E-state index in [2.05, 4.69) is 12.2 Å². The third kappa shape index (κ3) is 2.96. The molecule has 16 heavy (non-hydrogen) atoms. The molecular formula is C11H16ClNO2S. The van der Waals surface area contributed by atoms with Gasteiger partial charge in [-0.25, -0.2) is 0 Å². The number of rotatable bonds is 4. The van der Waals surface area contributed by atoms with Crippen LogP contribution in [-0.2, 0) is 4.74 Å². The molecule has 2 unspecified atom stereocenters. The molecule has 1 aliphatic heterocycles. The number of thiophene rings is 1. The van der Waals surface area contributed by atoms with E-state index >= 15 is 0 Å². The molecule has 1 saturated heterocycles. The quantitative estimate of drug-likeness (QED) is 0.873. The lowest BCUT2D eigenvalue weighted by molar-refractivity contribution is 0.0252. The highest BCUT2D eigenvalue weighted by molar-refractivity contribution is 7.14. The highest BCUT2D eigenvalue weighted by Crippen LogP contribution is 2.25. The van der Waals surface area contributed by atoms with E-state index in [0.29, 0.717) is 26.2 Å². The van der Waals surface area contributed by atoms with Gasteiger partial charge in [0.1, 0.15) is 5.60 Å². The summed E-state index contributed by atoms with van der Waals surface area (Å²) < 4.78 is 5.99. The molecule has 2 N–H and O–H groups in total. The first kappa shape index (κ1) is 12.3. The van der Waals surface area contributed by atoms with Gasteiger partial charge in [-0.3, -0.25) is 0 Å². The molecule has 1 aliphatic rings. The largest absolute Gasteiger partial charge is 0.386 e. The third-order valence-electron chi connectivity index (χ3n) is 2.91. The van der Waals surface area contributed by atoms with Crippen molar-refractivity contribution in [3.63, 3.8) is 0 Å². The minimum Gasteiger partial charge on any atom is -0.386 e. The summed E-state index contributed by atoms with van der Waals surface area (Å²) in [6.07, 6.45) is 0.705. The number of halogens is 1. The number of hydrogen-bond donors (Lipinski definition) is 2. The molecule has 0 radical (unpaired) electrons. The lowest BCUT2D eigenvalue weighted by Gasteiger charge is -2.23. The smallest absolute Gasteiger partial charge is 0.103 e. The zero-order chi connectivity index (χ0) is 11.6. The molecule has 0 spiro atoms. The Balaban J connectivity index is 1.86. The fourth-order valence-corrected chi connectivity index (χ4v) is 2.73. The topological polar surface area (TPSA) is 41.5 Å². The fourth-order valence-electron chi connectivity index (χ4n) is 1.75. The molecule has 0 aliphatic carbocycles. The van der Waals surface area contributed by atoms with Gasteiger partial charge in [0.25, 0.3) is 0 Å². The van der Waals surface area contributed by atoms with E-state index in [4.69, 9.17) is 16.3 Å². The average Bonchev–Trinajstić information content (AvgIpc) is 2.85. The van der Waals surface area contributed by atoms with Crippen molar-refractivity contribution in [1.82, 2.24) is 5.32 Å². The minimum atomic E-state index is -0.700. The van der Waals surface area contributed by atoms with Gasteiger partial charge in [0.05, 0.1) is 10.9 Å². The van der Waals surface area contributed by atoms with Crippen molar-refractivity contribution in [1.29, 1.82) is 0 Å². The van der Waals surface area contributed by atoms with Gasteiger partial charge in [-0.2, -0.15) is 0 Å². The van der Waals surface area contributed by atoms with Crippen LogP contribution in [0.2, 0.25) is 4.34 Å². The van der Waals surface area contributed by atoms with Gasteiger partial charge in [-0.15, -0.1) is 11.3 Å². The van der Waals surface area contributed by atoms with Crippen LogP contribution in [-0.4, -0.2) is 30.5 Å². The predicted octanol–water partition coefficient (Wildman–Crippen LogP) is 2.20. The number of nitrogens with one attached hydrogen (secondary N) is 1. The molecule has 2 heterocycles. The number of ether oxygens (including phenoxy) is 1. The minimum absolute atomic E-state index is 0.202. The molecule has 2 rings (SSSR count). The summed E-state index contributed by atoms with van der Waals surface area (Å²) in [6, 6.07) is 2.16.